The number of benzene rings is 1. The maximum atomic E-state index is 12.5. The molecule has 0 saturated carbocycles. The zero-order chi connectivity index (χ0) is 15.4. The standard InChI is InChI=1S/C17H26N2OS/c1-5-21-11-10-13(3)19-16(18-14(4)17(19)20)15-9-7-6-8-12(15)2/h6-9,13-14,16,18H,5,10-11H2,1-4H3. The first kappa shape index (κ1) is 16.4. The zero-order valence-corrected chi connectivity index (χ0v) is 14.2. The summed E-state index contributed by atoms with van der Waals surface area (Å²) in [5.41, 5.74) is 2.45. The monoisotopic (exact) mass is 306 g/mol. The fourth-order valence-corrected chi connectivity index (χ4v) is 3.68. The number of carbonyl (C=O) groups is 1. The van der Waals surface area contributed by atoms with Gasteiger partial charge in [-0.15, -0.1) is 0 Å². The number of amides is 1. The third-order valence-corrected chi connectivity index (χ3v) is 5.09. The average molecular weight is 306 g/mol. The van der Waals surface area contributed by atoms with Crippen molar-refractivity contribution in [3.05, 3.63) is 35.4 Å². The van der Waals surface area contributed by atoms with Crippen LogP contribution in [0, 0.1) is 6.92 Å². The molecule has 1 aromatic carbocycles. The smallest absolute Gasteiger partial charge is 0.241 e. The third kappa shape index (κ3) is 3.61. The minimum Gasteiger partial charge on any atom is -0.319 e. The van der Waals surface area contributed by atoms with Gasteiger partial charge in [0.2, 0.25) is 5.91 Å². The van der Waals surface area contributed by atoms with Gasteiger partial charge in [-0.25, -0.2) is 0 Å². The Morgan fingerprint density at radius 2 is 2.10 bits per heavy atom. The van der Waals surface area contributed by atoms with Crippen molar-refractivity contribution in [2.45, 2.75) is 52.4 Å². The molecule has 3 nitrogen and oxygen atoms in total. The molecule has 1 N–H and O–H groups in total. The minimum absolute atomic E-state index is 0.00956. The van der Waals surface area contributed by atoms with E-state index in [1.165, 1.54) is 11.1 Å². The van der Waals surface area contributed by atoms with Gasteiger partial charge in [-0.1, -0.05) is 31.2 Å². The first-order chi connectivity index (χ1) is 10.1. The van der Waals surface area contributed by atoms with E-state index in [4.69, 9.17) is 0 Å². The van der Waals surface area contributed by atoms with Crippen LogP contribution in [0.4, 0.5) is 0 Å². The summed E-state index contributed by atoms with van der Waals surface area (Å²) in [7, 11) is 0. The van der Waals surface area contributed by atoms with E-state index < -0.39 is 0 Å². The molecule has 1 aromatic rings. The van der Waals surface area contributed by atoms with Crippen LogP contribution in [-0.4, -0.2) is 34.4 Å². The molecule has 0 aliphatic carbocycles. The molecule has 1 fully saturated rings. The van der Waals surface area contributed by atoms with Crippen molar-refractivity contribution >= 4 is 17.7 Å². The molecule has 1 amide bonds. The van der Waals surface area contributed by atoms with Crippen LogP contribution in [0.25, 0.3) is 0 Å². The zero-order valence-electron chi connectivity index (χ0n) is 13.4. The van der Waals surface area contributed by atoms with E-state index in [9.17, 15) is 4.79 Å². The van der Waals surface area contributed by atoms with Crippen LogP contribution in [0.5, 0.6) is 0 Å². The summed E-state index contributed by atoms with van der Waals surface area (Å²) >= 11 is 1.94. The van der Waals surface area contributed by atoms with Gasteiger partial charge in [-0.2, -0.15) is 11.8 Å². The molecule has 0 aromatic heterocycles. The largest absolute Gasteiger partial charge is 0.319 e. The summed E-state index contributed by atoms with van der Waals surface area (Å²) in [5.74, 6) is 2.46. The van der Waals surface area contributed by atoms with E-state index >= 15 is 0 Å². The van der Waals surface area contributed by atoms with Crippen molar-refractivity contribution in [2.75, 3.05) is 11.5 Å². The molecular formula is C17H26N2OS. The van der Waals surface area contributed by atoms with Gasteiger partial charge in [-0.05, 0) is 49.8 Å². The van der Waals surface area contributed by atoms with E-state index in [1.807, 2.05) is 35.7 Å². The van der Waals surface area contributed by atoms with Crippen molar-refractivity contribution in [2.24, 2.45) is 0 Å². The number of hydrogen-bond acceptors (Lipinski definition) is 3. The Labute approximate surface area is 132 Å². The average Bonchev–Trinajstić information content (AvgIpc) is 2.75. The summed E-state index contributed by atoms with van der Waals surface area (Å²) < 4.78 is 0. The Kier molecular flexibility index (Phi) is 5.71. The fraction of sp³-hybridized carbons (Fsp3) is 0.588. The van der Waals surface area contributed by atoms with E-state index in [0.29, 0.717) is 0 Å². The highest BCUT2D eigenvalue weighted by Gasteiger charge is 2.39. The Balaban J connectivity index is 2.19. The number of nitrogens with one attached hydrogen (secondary N) is 1. The normalized spacial score (nSPS) is 23.6. The molecule has 3 unspecified atom stereocenters. The second-order valence-electron chi connectivity index (χ2n) is 5.73. The summed E-state index contributed by atoms with van der Waals surface area (Å²) in [5, 5.41) is 3.45. The maximum absolute atomic E-state index is 12.5. The van der Waals surface area contributed by atoms with Crippen LogP contribution in [0.15, 0.2) is 24.3 Å². The number of thioether (sulfide) groups is 1. The molecule has 4 heteroatoms. The fourth-order valence-electron chi connectivity index (χ4n) is 2.88. The highest BCUT2D eigenvalue weighted by atomic mass is 32.2. The first-order valence-corrected chi connectivity index (χ1v) is 8.93. The van der Waals surface area contributed by atoms with Gasteiger partial charge in [0, 0.05) is 6.04 Å². The van der Waals surface area contributed by atoms with Crippen LogP contribution in [-0.2, 0) is 4.79 Å². The van der Waals surface area contributed by atoms with E-state index in [0.717, 1.165) is 17.9 Å². The highest BCUT2D eigenvalue weighted by molar-refractivity contribution is 7.99. The minimum atomic E-state index is -0.101. The molecule has 3 atom stereocenters. The van der Waals surface area contributed by atoms with Crippen molar-refractivity contribution < 1.29 is 4.79 Å². The molecule has 21 heavy (non-hydrogen) atoms. The Hall–Kier alpha value is -1.00. The number of hydrogen-bond donors (Lipinski definition) is 1. The molecule has 116 valence electrons. The predicted octanol–water partition coefficient (Wildman–Crippen LogP) is 3.35. The quantitative estimate of drug-likeness (QED) is 0.818. The van der Waals surface area contributed by atoms with Gasteiger partial charge in [-0.3, -0.25) is 10.1 Å². The molecule has 1 heterocycles. The first-order valence-electron chi connectivity index (χ1n) is 7.77. The van der Waals surface area contributed by atoms with Crippen LogP contribution >= 0.6 is 11.8 Å². The molecule has 1 aliphatic heterocycles. The lowest BCUT2D eigenvalue weighted by molar-refractivity contribution is -0.131. The van der Waals surface area contributed by atoms with Crippen LogP contribution in [0.1, 0.15) is 44.5 Å². The lowest BCUT2D eigenvalue weighted by Crippen LogP contribution is -2.38. The Morgan fingerprint density at radius 3 is 2.76 bits per heavy atom. The summed E-state index contributed by atoms with van der Waals surface area (Å²) in [4.78, 5) is 14.6. The van der Waals surface area contributed by atoms with Crippen molar-refractivity contribution in [3.8, 4) is 0 Å². The number of carbonyl (C=O) groups excluding carboxylic acids is 1. The second-order valence-corrected chi connectivity index (χ2v) is 7.12. The topological polar surface area (TPSA) is 32.3 Å². The number of nitrogens with zero attached hydrogens (tertiary/aromatic N) is 1. The van der Waals surface area contributed by atoms with Gasteiger partial charge in [0.05, 0.1) is 6.04 Å². The van der Waals surface area contributed by atoms with Gasteiger partial charge >= 0.3 is 0 Å². The van der Waals surface area contributed by atoms with Crippen LogP contribution < -0.4 is 5.32 Å². The maximum Gasteiger partial charge on any atom is 0.241 e. The molecule has 0 radical (unpaired) electrons. The summed E-state index contributed by atoms with van der Waals surface area (Å²) in [6.07, 6.45) is 1.05. The van der Waals surface area contributed by atoms with Crippen molar-refractivity contribution in [3.63, 3.8) is 0 Å². The van der Waals surface area contributed by atoms with E-state index in [-0.39, 0.29) is 24.2 Å². The van der Waals surface area contributed by atoms with Gasteiger partial charge in [0.15, 0.2) is 0 Å². The van der Waals surface area contributed by atoms with Crippen molar-refractivity contribution in [1.82, 2.24) is 10.2 Å². The molecule has 1 aliphatic rings. The Morgan fingerprint density at radius 1 is 1.38 bits per heavy atom. The van der Waals surface area contributed by atoms with Crippen LogP contribution in [0.3, 0.4) is 0 Å². The van der Waals surface area contributed by atoms with Crippen LogP contribution in [0.2, 0.25) is 0 Å². The lowest BCUT2D eigenvalue weighted by Gasteiger charge is -2.31. The molecule has 0 spiro atoms. The second kappa shape index (κ2) is 7.32. The Bertz CT molecular complexity index is 491. The molecule has 2 rings (SSSR count). The van der Waals surface area contributed by atoms with Crippen molar-refractivity contribution in [1.29, 1.82) is 0 Å². The number of rotatable bonds is 6. The summed E-state index contributed by atoms with van der Waals surface area (Å²) in [6, 6.07) is 8.49. The van der Waals surface area contributed by atoms with Gasteiger partial charge < -0.3 is 4.90 Å². The van der Waals surface area contributed by atoms with E-state index in [1.54, 1.807) is 0 Å². The highest BCUT2D eigenvalue weighted by Crippen LogP contribution is 2.30. The van der Waals surface area contributed by atoms with Gasteiger partial charge in [0.25, 0.3) is 0 Å². The summed E-state index contributed by atoms with van der Waals surface area (Å²) in [6.45, 7) is 8.41. The molecular weight excluding hydrogens is 280 g/mol. The van der Waals surface area contributed by atoms with Gasteiger partial charge in [0.1, 0.15) is 6.17 Å². The lowest BCUT2D eigenvalue weighted by atomic mass is 10.0. The molecule has 0 bridgehead atoms. The van der Waals surface area contributed by atoms with E-state index in [2.05, 4.69) is 38.2 Å². The SMILES string of the molecule is CCSCCC(C)N1C(=O)C(C)NC1c1ccccc1C. The predicted molar refractivity (Wildman–Crippen MR) is 90.4 cm³/mol. The number of aryl methyl sites for hydroxylation is 1. The third-order valence-electron chi connectivity index (χ3n) is 4.15. The molecule has 1 saturated heterocycles.